The minimum atomic E-state index is -0.695. The number of fused-ring (bicyclic) bond motifs is 3. The van der Waals surface area contributed by atoms with E-state index in [0.29, 0.717) is 33.6 Å². The van der Waals surface area contributed by atoms with E-state index >= 15 is 0 Å². The first-order valence-corrected chi connectivity index (χ1v) is 8.53. The van der Waals surface area contributed by atoms with Gasteiger partial charge >= 0.3 is 5.97 Å². The molecule has 136 valence electrons. The first-order valence-electron chi connectivity index (χ1n) is 8.53. The zero-order valence-electron chi connectivity index (χ0n) is 14.9. The van der Waals surface area contributed by atoms with Crippen molar-refractivity contribution >= 4 is 28.0 Å². The van der Waals surface area contributed by atoms with Crippen molar-refractivity contribution in [2.24, 2.45) is 0 Å². The normalized spacial score (nSPS) is 11.0. The number of aromatic nitrogens is 1. The molecule has 2 heterocycles. The van der Waals surface area contributed by atoms with Gasteiger partial charge in [-0.15, -0.1) is 0 Å². The topological polar surface area (TPSA) is 81.5 Å². The Labute approximate surface area is 154 Å². The summed E-state index contributed by atoms with van der Waals surface area (Å²) >= 11 is 0. The van der Waals surface area contributed by atoms with Crippen LogP contribution in [-0.4, -0.2) is 24.7 Å². The predicted molar refractivity (Wildman–Crippen MR) is 102 cm³/mol. The summed E-state index contributed by atoms with van der Waals surface area (Å²) in [6.07, 6.45) is 0. The fourth-order valence-electron chi connectivity index (χ4n) is 3.20. The van der Waals surface area contributed by atoms with Gasteiger partial charge in [-0.3, -0.25) is 4.79 Å². The molecule has 0 bridgehead atoms. The number of ether oxygens (including phenoxy) is 2. The zero-order chi connectivity index (χ0) is 19.0. The van der Waals surface area contributed by atoms with Crippen molar-refractivity contribution in [3.8, 4) is 16.9 Å². The maximum absolute atomic E-state index is 12.8. The minimum absolute atomic E-state index is 0.0864. The average Bonchev–Trinajstić information content (AvgIpc) is 3.05. The molecule has 0 spiro atoms. The fourth-order valence-corrected chi connectivity index (χ4v) is 3.20. The van der Waals surface area contributed by atoms with Crippen molar-refractivity contribution in [1.82, 2.24) is 4.98 Å². The number of pyridine rings is 1. The molecule has 0 aliphatic rings. The van der Waals surface area contributed by atoms with Crippen molar-refractivity contribution in [1.29, 1.82) is 0 Å². The van der Waals surface area contributed by atoms with Gasteiger partial charge in [0, 0.05) is 10.9 Å². The summed E-state index contributed by atoms with van der Waals surface area (Å²) in [6, 6.07) is 14.5. The number of carbonyl (C=O) groups excluding carboxylic acids is 1. The number of aromatic amines is 1. The molecular formula is C21H17NO5. The van der Waals surface area contributed by atoms with Gasteiger partial charge in [0.15, 0.2) is 5.58 Å². The lowest BCUT2D eigenvalue weighted by molar-refractivity contribution is 0.0525. The molecule has 0 amide bonds. The molecule has 4 rings (SSSR count). The van der Waals surface area contributed by atoms with E-state index in [1.807, 2.05) is 24.3 Å². The van der Waals surface area contributed by atoms with Gasteiger partial charge in [-0.1, -0.05) is 24.3 Å². The van der Waals surface area contributed by atoms with Gasteiger partial charge < -0.3 is 18.9 Å². The molecular weight excluding hydrogens is 346 g/mol. The number of H-pyrrole nitrogens is 1. The van der Waals surface area contributed by atoms with Crippen LogP contribution in [-0.2, 0) is 4.74 Å². The Morgan fingerprint density at radius 2 is 1.96 bits per heavy atom. The highest BCUT2D eigenvalue weighted by Crippen LogP contribution is 2.36. The van der Waals surface area contributed by atoms with Crippen molar-refractivity contribution in [2.75, 3.05) is 13.7 Å². The van der Waals surface area contributed by atoms with Crippen LogP contribution >= 0.6 is 0 Å². The first kappa shape index (κ1) is 16.9. The molecule has 6 nitrogen and oxygen atoms in total. The van der Waals surface area contributed by atoms with Gasteiger partial charge in [-0.2, -0.15) is 0 Å². The van der Waals surface area contributed by atoms with Gasteiger partial charge in [0.1, 0.15) is 16.9 Å². The Kier molecular flexibility index (Phi) is 4.16. The summed E-state index contributed by atoms with van der Waals surface area (Å²) in [5, 5.41) is 0.768. The number of esters is 1. The average molecular weight is 363 g/mol. The first-order chi connectivity index (χ1) is 13.1. The fraction of sp³-hybridized carbons (Fsp3) is 0.143. The van der Waals surface area contributed by atoms with Gasteiger partial charge in [0.05, 0.1) is 19.2 Å². The lowest BCUT2D eigenvalue weighted by Crippen LogP contribution is -2.21. The Morgan fingerprint density at radius 3 is 2.74 bits per heavy atom. The van der Waals surface area contributed by atoms with E-state index in [1.165, 1.54) is 0 Å². The Balaban J connectivity index is 2.15. The molecule has 0 saturated carbocycles. The molecule has 0 fully saturated rings. The number of hydrogen-bond acceptors (Lipinski definition) is 5. The highest BCUT2D eigenvalue weighted by Gasteiger charge is 2.25. The Morgan fingerprint density at radius 1 is 1.15 bits per heavy atom. The van der Waals surface area contributed by atoms with Crippen molar-refractivity contribution in [3.05, 3.63) is 64.4 Å². The second-order valence-electron chi connectivity index (χ2n) is 5.96. The van der Waals surface area contributed by atoms with E-state index in [0.717, 1.165) is 5.39 Å². The van der Waals surface area contributed by atoms with Crippen molar-refractivity contribution < 1.29 is 18.7 Å². The predicted octanol–water partition coefficient (Wildman–Crippen LogP) is 4.13. The molecule has 0 unspecified atom stereocenters. The van der Waals surface area contributed by atoms with Crippen LogP contribution in [0.2, 0.25) is 0 Å². The maximum Gasteiger partial charge on any atom is 0.344 e. The summed E-state index contributed by atoms with van der Waals surface area (Å²) < 4.78 is 16.4. The molecule has 1 N–H and O–H groups in total. The SMILES string of the molecule is CCOC(=O)c1c(-c2cccc(OC)c2)c2oc3ccccc3c2[nH]c1=O. The number of nitrogens with one attached hydrogen (secondary N) is 1. The quantitative estimate of drug-likeness (QED) is 0.552. The number of carbonyl (C=O) groups is 1. The molecule has 2 aromatic carbocycles. The van der Waals surface area contributed by atoms with E-state index in [1.54, 1.807) is 38.3 Å². The van der Waals surface area contributed by atoms with Gasteiger partial charge in [0.25, 0.3) is 5.56 Å². The maximum atomic E-state index is 12.8. The lowest BCUT2D eigenvalue weighted by atomic mass is 9.99. The largest absolute Gasteiger partial charge is 0.497 e. The van der Waals surface area contributed by atoms with Crippen LogP contribution in [0, 0.1) is 0 Å². The molecule has 0 aliphatic heterocycles. The van der Waals surface area contributed by atoms with E-state index in [4.69, 9.17) is 13.9 Å². The zero-order valence-corrected chi connectivity index (χ0v) is 14.9. The number of para-hydroxylation sites is 1. The van der Waals surface area contributed by atoms with Gasteiger partial charge in [-0.25, -0.2) is 4.79 Å². The van der Waals surface area contributed by atoms with E-state index in [-0.39, 0.29) is 12.2 Å². The van der Waals surface area contributed by atoms with Crippen LogP contribution in [0.3, 0.4) is 0 Å². The standard InChI is InChI=1S/C21H17NO5/c1-3-26-21(24)17-16(12-7-6-8-13(11-12)25-2)19-18(22-20(17)23)14-9-4-5-10-15(14)27-19/h4-11H,3H2,1-2H3,(H,22,23). The van der Waals surface area contributed by atoms with Crippen molar-refractivity contribution in [2.45, 2.75) is 6.92 Å². The second-order valence-corrected chi connectivity index (χ2v) is 5.96. The molecule has 0 saturated heterocycles. The van der Waals surface area contributed by atoms with E-state index in [2.05, 4.69) is 4.98 Å². The summed E-state index contributed by atoms with van der Waals surface area (Å²) in [7, 11) is 1.56. The third-order valence-corrected chi connectivity index (χ3v) is 4.38. The van der Waals surface area contributed by atoms with Crippen LogP contribution in [0.4, 0.5) is 0 Å². The number of benzene rings is 2. The summed E-state index contributed by atoms with van der Waals surface area (Å²) in [6.45, 7) is 1.85. The molecule has 4 aromatic rings. The molecule has 6 heteroatoms. The Bertz CT molecular complexity index is 1220. The van der Waals surface area contributed by atoms with Crippen LogP contribution < -0.4 is 10.3 Å². The highest BCUT2D eigenvalue weighted by molar-refractivity contribution is 6.12. The van der Waals surface area contributed by atoms with Crippen LogP contribution in [0.15, 0.2) is 57.7 Å². The van der Waals surface area contributed by atoms with Crippen LogP contribution in [0.1, 0.15) is 17.3 Å². The third-order valence-electron chi connectivity index (χ3n) is 4.38. The van der Waals surface area contributed by atoms with Gasteiger partial charge in [0.2, 0.25) is 0 Å². The number of rotatable bonds is 4. The molecule has 0 radical (unpaired) electrons. The van der Waals surface area contributed by atoms with Gasteiger partial charge in [-0.05, 0) is 36.8 Å². The van der Waals surface area contributed by atoms with Crippen molar-refractivity contribution in [3.63, 3.8) is 0 Å². The Hall–Kier alpha value is -3.54. The van der Waals surface area contributed by atoms with E-state index < -0.39 is 11.5 Å². The number of methoxy groups -OCH3 is 1. The van der Waals surface area contributed by atoms with Crippen LogP contribution in [0.25, 0.3) is 33.2 Å². The molecule has 0 aliphatic carbocycles. The number of hydrogen-bond donors (Lipinski definition) is 1. The third kappa shape index (κ3) is 2.75. The van der Waals surface area contributed by atoms with E-state index in [9.17, 15) is 9.59 Å². The second kappa shape index (κ2) is 6.64. The highest BCUT2D eigenvalue weighted by atomic mass is 16.5. The monoisotopic (exact) mass is 363 g/mol. The summed E-state index contributed by atoms with van der Waals surface area (Å²) in [5.74, 6) is -0.0919. The molecule has 0 atom stereocenters. The minimum Gasteiger partial charge on any atom is -0.497 e. The number of furan rings is 1. The molecule has 2 aromatic heterocycles. The smallest absolute Gasteiger partial charge is 0.344 e. The van der Waals surface area contributed by atoms with Crippen LogP contribution in [0.5, 0.6) is 5.75 Å². The summed E-state index contributed by atoms with van der Waals surface area (Å²) in [5.41, 5.74) is 2.00. The summed E-state index contributed by atoms with van der Waals surface area (Å²) in [4.78, 5) is 28.1. The molecule has 27 heavy (non-hydrogen) atoms. The lowest BCUT2D eigenvalue weighted by Gasteiger charge is -2.10.